The average molecular weight is 278 g/mol. The molecule has 0 heterocycles. The first-order chi connectivity index (χ1) is 9.65. The average Bonchev–Trinajstić information content (AvgIpc) is 2.46. The maximum Gasteiger partial charge on any atom is 0.147 e. The second kappa shape index (κ2) is 9.34. The van der Waals surface area contributed by atoms with Crippen molar-refractivity contribution in [3.05, 3.63) is 35.9 Å². The van der Waals surface area contributed by atoms with Crippen LogP contribution in [0.3, 0.4) is 0 Å². The van der Waals surface area contributed by atoms with E-state index in [9.17, 15) is 0 Å². The summed E-state index contributed by atoms with van der Waals surface area (Å²) in [5.41, 5.74) is 6.84. The van der Waals surface area contributed by atoms with Crippen LogP contribution in [0.4, 0.5) is 0 Å². The van der Waals surface area contributed by atoms with Crippen molar-refractivity contribution in [2.75, 3.05) is 33.7 Å². The van der Waals surface area contributed by atoms with Crippen molar-refractivity contribution < 1.29 is 5.21 Å². The normalized spacial score (nSPS) is 13.7. The summed E-state index contributed by atoms with van der Waals surface area (Å²) < 4.78 is 0. The fraction of sp³-hybridized carbons (Fsp3) is 0.533. The summed E-state index contributed by atoms with van der Waals surface area (Å²) >= 11 is 0. The van der Waals surface area contributed by atoms with Crippen LogP contribution in [0.1, 0.15) is 24.3 Å². The van der Waals surface area contributed by atoms with Gasteiger partial charge in [-0.15, -0.1) is 0 Å². The fourth-order valence-corrected chi connectivity index (χ4v) is 2.07. The number of nitrogens with one attached hydrogen (secondary N) is 1. The molecule has 0 saturated heterocycles. The number of nitrogens with two attached hydrogens (primary N) is 1. The first kappa shape index (κ1) is 16.5. The Labute approximate surface area is 121 Å². The van der Waals surface area contributed by atoms with Gasteiger partial charge in [-0.3, -0.25) is 0 Å². The predicted molar refractivity (Wildman–Crippen MR) is 83.2 cm³/mol. The third kappa shape index (κ3) is 6.04. The molecule has 0 bridgehead atoms. The van der Waals surface area contributed by atoms with Crippen molar-refractivity contribution >= 4 is 5.84 Å². The Balaban J connectivity index is 2.40. The monoisotopic (exact) mass is 278 g/mol. The summed E-state index contributed by atoms with van der Waals surface area (Å²) in [5, 5.41) is 15.4. The van der Waals surface area contributed by atoms with Gasteiger partial charge in [0.1, 0.15) is 5.84 Å². The molecule has 0 aliphatic rings. The molecule has 1 unspecified atom stereocenters. The second-order valence-electron chi connectivity index (χ2n) is 5.20. The van der Waals surface area contributed by atoms with Gasteiger partial charge in [-0.05, 0) is 45.6 Å². The molecule has 0 radical (unpaired) electrons. The topological polar surface area (TPSA) is 73.9 Å². The van der Waals surface area contributed by atoms with E-state index in [-0.39, 0.29) is 11.8 Å². The van der Waals surface area contributed by atoms with Crippen molar-refractivity contribution in [2.45, 2.75) is 18.8 Å². The zero-order chi connectivity index (χ0) is 14.8. The molecule has 5 nitrogen and oxygen atoms in total. The van der Waals surface area contributed by atoms with E-state index in [1.165, 1.54) is 6.42 Å². The third-order valence-corrected chi connectivity index (χ3v) is 3.23. The van der Waals surface area contributed by atoms with E-state index in [4.69, 9.17) is 10.9 Å². The van der Waals surface area contributed by atoms with Crippen LogP contribution in [0.25, 0.3) is 0 Å². The molecule has 5 heteroatoms. The zero-order valence-corrected chi connectivity index (χ0v) is 12.4. The number of hydrogen-bond donors (Lipinski definition) is 3. The van der Waals surface area contributed by atoms with E-state index in [1.807, 2.05) is 30.3 Å². The summed E-state index contributed by atoms with van der Waals surface area (Å²) in [5.74, 6) is 0.159. The first-order valence-electron chi connectivity index (χ1n) is 7.03. The highest BCUT2D eigenvalue weighted by Crippen LogP contribution is 2.14. The van der Waals surface area contributed by atoms with Gasteiger partial charge in [-0.1, -0.05) is 35.5 Å². The van der Waals surface area contributed by atoms with E-state index in [2.05, 4.69) is 29.5 Å². The number of unbranched alkanes of at least 4 members (excludes halogenated alkanes) is 1. The SMILES string of the molecule is CN(C)CCCCNCC(C(N)=NO)c1ccccc1. The highest BCUT2D eigenvalue weighted by atomic mass is 16.4. The van der Waals surface area contributed by atoms with Crippen LogP contribution in [0, 0.1) is 0 Å². The summed E-state index contributed by atoms with van der Waals surface area (Å²) in [6.07, 6.45) is 2.29. The number of hydrogen-bond acceptors (Lipinski definition) is 4. The van der Waals surface area contributed by atoms with E-state index < -0.39 is 0 Å². The van der Waals surface area contributed by atoms with Gasteiger partial charge in [0.15, 0.2) is 0 Å². The molecule has 112 valence electrons. The van der Waals surface area contributed by atoms with Gasteiger partial charge in [-0.25, -0.2) is 0 Å². The Hall–Kier alpha value is -1.59. The molecular weight excluding hydrogens is 252 g/mol. The van der Waals surface area contributed by atoms with Crippen LogP contribution < -0.4 is 11.1 Å². The summed E-state index contributed by atoms with van der Waals surface area (Å²) in [6, 6.07) is 9.88. The van der Waals surface area contributed by atoms with Crippen LogP contribution in [-0.2, 0) is 0 Å². The molecule has 0 spiro atoms. The molecule has 0 amide bonds. The molecule has 1 atom stereocenters. The highest BCUT2D eigenvalue weighted by Gasteiger charge is 2.15. The number of rotatable bonds is 9. The van der Waals surface area contributed by atoms with Crippen molar-refractivity contribution in [1.29, 1.82) is 0 Å². The van der Waals surface area contributed by atoms with Gasteiger partial charge in [0.2, 0.25) is 0 Å². The van der Waals surface area contributed by atoms with Gasteiger partial charge in [0.25, 0.3) is 0 Å². The zero-order valence-electron chi connectivity index (χ0n) is 12.4. The van der Waals surface area contributed by atoms with Crippen LogP contribution in [-0.4, -0.2) is 49.7 Å². The molecule has 0 aliphatic carbocycles. The molecule has 1 rings (SSSR count). The molecule has 20 heavy (non-hydrogen) atoms. The van der Waals surface area contributed by atoms with E-state index in [0.29, 0.717) is 6.54 Å². The van der Waals surface area contributed by atoms with E-state index in [0.717, 1.165) is 25.1 Å². The molecule has 0 aliphatic heterocycles. The van der Waals surface area contributed by atoms with Crippen LogP contribution in [0.5, 0.6) is 0 Å². The van der Waals surface area contributed by atoms with Crippen LogP contribution in [0.15, 0.2) is 35.5 Å². The van der Waals surface area contributed by atoms with Gasteiger partial charge in [0.05, 0.1) is 5.92 Å². The minimum Gasteiger partial charge on any atom is -0.409 e. The van der Waals surface area contributed by atoms with Gasteiger partial charge >= 0.3 is 0 Å². The van der Waals surface area contributed by atoms with Gasteiger partial charge in [-0.2, -0.15) is 0 Å². The summed E-state index contributed by atoms with van der Waals surface area (Å²) in [7, 11) is 4.16. The highest BCUT2D eigenvalue weighted by molar-refractivity contribution is 5.87. The minimum absolute atomic E-state index is 0.0879. The maximum atomic E-state index is 8.90. The number of nitrogens with zero attached hydrogens (tertiary/aromatic N) is 2. The van der Waals surface area contributed by atoms with Gasteiger partial charge in [0, 0.05) is 6.54 Å². The van der Waals surface area contributed by atoms with Crippen molar-refractivity contribution in [3.63, 3.8) is 0 Å². The predicted octanol–water partition coefficient (Wildman–Crippen LogP) is 1.45. The first-order valence-corrected chi connectivity index (χ1v) is 7.03. The molecule has 0 saturated carbocycles. The molecule has 1 aromatic carbocycles. The third-order valence-electron chi connectivity index (χ3n) is 3.23. The Morgan fingerprint density at radius 3 is 2.60 bits per heavy atom. The van der Waals surface area contributed by atoms with E-state index >= 15 is 0 Å². The Bertz CT molecular complexity index is 392. The van der Waals surface area contributed by atoms with Gasteiger partial charge < -0.3 is 21.2 Å². The second-order valence-corrected chi connectivity index (χ2v) is 5.20. The number of oxime groups is 1. The fourth-order valence-electron chi connectivity index (χ4n) is 2.07. The lowest BCUT2D eigenvalue weighted by atomic mass is 9.98. The van der Waals surface area contributed by atoms with E-state index in [1.54, 1.807) is 0 Å². The Morgan fingerprint density at radius 2 is 2.00 bits per heavy atom. The van der Waals surface area contributed by atoms with Crippen LogP contribution in [0.2, 0.25) is 0 Å². The number of benzene rings is 1. The Morgan fingerprint density at radius 1 is 1.30 bits per heavy atom. The lowest BCUT2D eigenvalue weighted by Gasteiger charge is -2.17. The molecule has 0 fully saturated rings. The standard InChI is InChI=1S/C15H26N4O/c1-19(2)11-7-6-10-17-12-14(15(16)18-20)13-8-4-3-5-9-13/h3-5,8-9,14,17,20H,6-7,10-12H2,1-2H3,(H2,16,18). The lowest BCUT2D eigenvalue weighted by Crippen LogP contribution is -2.32. The van der Waals surface area contributed by atoms with Crippen molar-refractivity contribution in [3.8, 4) is 0 Å². The van der Waals surface area contributed by atoms with Crippen molar-refractivity contribution in [2.24, 2.45) is 10.9 Å². The smallest absolute Gasteiger partial charge is 0.147 e. The van der Waals surface area contributed by atoms with Crippen LogP contribution >= 0.6 is 0 Å². The van der Waals surface area contributed by atoms with Crippen molar-refractivity contribution in [1.82, 2.24) is 10.2 Å². The summed E-state index contributed by atoms with van der Waals surface area (Å²) in [4.78, 5) is 2.18. The maximum absolute atomic E-state index is 8.90. The molecule has 1 aromatic rings. The molecule has 0 aromatic heterocycles. The number of amidine groups is 1. The largest absolute Gasteiger partial charge is 0.409 e. The molecular formula is C15H26N4O. The molecule has 4 N–H and O–H groups in total. The Kier molecular flexibility index (Phi) is 7.69. The summed E-state index contributed by atoms with van der Waals surface area (Å²) in [6.45, 7) is 2.72. The quantitative estimate of drug-likeness (QED) is 0.210. The minimum atomic E-state index is -0.0879. The lowest BCUT2D eigenvalue weighted by molar-refractivity contribution is 0.315.